The third-order valence-corrected chi connectivity index (χ3v) is 7.24. The van der Waals surface area contributed by atoms with Crippen LogP contribution in [0.15, 0.2) is 133 Å². The van der Waals surface area contributed by atoms with Crippen molar-refractivity contribution in [2.24, 2.45) is 0 Å². The molecule has 0 spiro atoms. The summed E-state index contributed by atoms with van der Waals surface area (Å²) in [6.45, 7) is 1.93. The molecular formula is C30H25N2O2S+. The van der Waals surface area contributed by atoms with Crippen LogP contribution < -0.4 is 9.29 Å². The first kappa shape index (κ1) is 22.6. The maximum absolute atomic E-state index is 13.0. The minimum Gasteiger partial charge on any atom is -0.280 e. The molecule has 0 amide bonds. The van der Waals surface area contributed by atoms with Gasteiger partial charge in [-0.25, -0.2) is 8.42 Å². The molecule has 0 saturated carbocycles. The quantitative estimate of drug-likeness (QED) is 0.308. The molecule has 0 aliphatic carbocycles. The van der Waals surface area contributed by atoms with Gasteiger partial charge in [0.05, 0.1) is 11.1 Å². The lowest BCUT2D eigenvalue weighted by atomic mass is 10.0. The first-order chi connectivity index (χ1) is 17.0. The zero-order valence-corrected chi connectivity index (χ0v) is 20.1. The van der Waals surface area contributed by atoms with Crippen molar-refractivity contribution in [3.8, 4) is 11.3 Å². The fourth-order valence-electron chi connectivity index (χ4n) is 4.06. The minimum atomic E-state index is -3.73. The number of sulfonamides is 1. The highest BCUT2D eigenvalue weighted by Gasteiger charge is 2.21. The number of fused-ring (bicyclic) bond motifs is 1. The number of aryl methyl sites for hydroxylation is 1. The van der Waals surface area contributed by atoms with Crippen molar-refractivity contribution in [1.82, 2.24) is 4.72 Å². The summed E-state index contributed by atoms with van der Waals surface area (Å²) in [4.78, 5) is 0.222. The zero-order valence-electron chi connectivity index (χ0n) is 19.3. The van der Waals surface area contributed by atoms with E-state index in [1.54, 1.807) is 30.5 Å². The van der Waals surface area contributed by atoms with E-state index in [2.05, 4.69) is 35.1 Å². The highest BCUT2D eigenvalue weighted by atomic mass is 32.2. The predicted molar refractivity (Wildman–Crippen MR) is 141 cm³/mol. The van der Waals surface area contributed by atoms with Crippen LogP contribution >= 0.6 is 0 Å². The maximum Gasteiger partial charge on any atom is 0.261 e. The number of aromatic nitrogens is 1. The van der Waals surface area contributed by atoms with Gasteiger partial charge >= 0.3 is 0 Å². The van der Waals surface area contributed by atoms with Crippen molar-refractivity contribution in [2.45, 2.75) is 11.8 Å². The number of nitrogens with zero attached hydrogens (tertiary/aromatic N) is 1. The molecule has 0 unspecified atom stereocenters. The first-order valence-corrected chi connectivity index (χ1v) is 12.8. The molecule has 0 saturated heterocycles. The molecular weight excluding hydrogens is 452 g/mol. The molecule has 0 bridgehead atoms. The second-order valence-electron chi connectivity index (χ2n) is 8.35. The Balaban J connectivity index is 1.62. The number of hydrogen-bond acceptors (Lipinski definition) is 2. The van der Waals surface area contributed by atoms with Crippen LogP contribution in [0.4, 0.5) is 0 Å². The lowest BCUT2D eigenvalue weighted by Gasteiger charge is -2.10. The molecule has 0 aliphatic heterocycles. The van der Waals surface area contributed by atoms with Crippen LogP contribution in [0.1, 0.15) is 11.1 Å². The number of hydrogen-bond donors (Lipinski definition) is 1. The lowest BCUT2D eigenvalue weighted by Crippen LogP contribution is -2.36. The number of pyridine rings is 1. The molecule has 5 heteroatoms. The third kappa shape index (κ3) is 4.86. The summed E-state index contributed by atoms with van der Waals surface area (Å²) < 4.78 is 30.8. The van der Waals surface area contributed by atoms with E-state index >= 15 is 0 Å². The average Bonchev–Trinajstić information content (AvgIpc) is 2.90. The standard InChI is InChI=1S/C30H25N2O2S/c1-23-14-18-28(19-15-23)35(33,34)31-22-30(25-10-3-2-4-11-25)32-20-8-7-13-29(32)27-17-16-24-9-5-6-12-26(24)21-27/h2-22,31H,1H3/q+1/b30-22-. The Morgan fingerprint density at radius 2 is 1.43 bits per heavy atom. The van der Waals surface area contributed by atoms with E-state index in [9.17, 15) is 8.42 Å². The normalized spacial score (nSPS) is 12.0. The van der Waals surface area contributed by atoms with Crippen LogP contribution in [0, 0.1) is 6.92 Å². The van der Waals surface area contributed by atoms with Gasteiger partial charge in [0.15, 0.2) is 6.20 Å². The van der Waals surface area contributed by atoms with Crippen molar-refractivity contribution in [1.29, 1.82) is 0 Å². The van der Waals surface area contributed by atoms with E-state index in [0.717, 1.165) is 27.8 Å². The van der Waals surface area contributed by atoms with Gasteiger partial charge in [-0.1, -0.05) is 66.2 Å². The fraction of sp³-hybridized carbons (Fsp3) is 0.0333. The monoisotopic (exact) mass is 477 g/mol. The predicted octanol–water partition coefficient (Wildman–Crippen LogP) is 5.93. The van der Waals surface area contributed by atoms with Gasteiger partial charge in [-0.3, -0.25) is 4.72 Å². The number of rotatable bonds is 6. The second kappa shape index (κ2) is 9.57. The summed E-state index contributed by atoms with van der Waals surface area (Å²) in [6, 6.07) is 37.1. The van der Waals surface area contributed by atoms with Gasteiger partial charge < -0.3 is 0 Å². The van der Waals surface area contributed by atoms with Gasteiger partial charge in [-0.2, -0.15) is 4.57 Å². The second-order valence-corrected chi connectivity index (χ2v) is 10.1. The van der Waals surface area contributed by atoms with Crippen LogP contribution in [0.3, 0.4) is 0 Å². The molecule has 0 radical (unpaired) electrons. The summed E-state index contributed by atoms with van der Waals surface area (Å²) in [5.74, 6) is 0. The number of benzene rings is 4. The Morgan fingerprint density at radius 1 is 0.743 bits per heavy atom. The number of nitrogens with one attached hydrogen (secondary N) is 1. The first-order valence-electron chi connectivity index (χ1n) is 11.4. The molecule has 35 heavy (non-hydrogen) atoms. The molecule has 5 aromatic rings. The summed E-state index contributed by atoms with van der Waals surface area (Å²) in [5.41, 5.74) is 4.59. The largest absolute Gasteiger partial charge is 0.280 e. The Labute approximate surface area is 205 Å². The van der Waals surface area contributed by atoms with Crippen molar-refractivity contribution >= 4 is 26.5 Å². The fourth-order valence-corrected chi connectivity index (χ4v) is 4.95. The van der Waals surface area contributed by atoms with Crippen molar-refractivity contribution in [2.75, 3.05) is 0 Å². The Kier molecular flexibility index (Phi) is 6.17. The van der Waals surface area contributed by atoms with Crippen LogP contribution in [-0.2, 0) is 10.0 Å². The van der Waals surface area contributed by atoms with Crippen LogP contribution in [0.2, 0.25) is 0 Å². The average molecular weight is 478 g/mol. The van der Waals surface area contributed by atoms with Gasteiger partial charge in [0, 0.05) is 23.3 Å². The summed E-state index contributed by atoms with van der Waals surface area (Å²) >= 11 is 0. The van der Waals surface area contributed by atoms with Crippen molar-refractivity contribution in [3.63, 3.8) is 0 Å². The molecule has 0 atom stereocenters. The van der Waals surface area contributed by atoms with Gasteiger partial charge in [-0.05, 0) is 60.2 Å². The van der Waals surface area contributed by atoms with Crippen LogP contribution in [0.25, 0.3) is 27.7 Å². The third-order valence-electron chi connectivity index (χ3n) is 5.92. The van der Waals surface area contributed by atoms with Crippen LogP contribution in [0.5, 0.6) is 0 Å². The Bertz CT molecular complexity index is 1620. The zero-order chi connectivity index (χ0) is 24.3. The molecule has 4 aromatic carbocycles. The molecule has 5 rings (SSSR count). The Morgan fingerprint density at radius 3 is 2.20 bits per heavy atom. The van der Waals surface area contributed by atoms with Gasteiger partial charge in [0.2, 0.25) is 11.4 Å². The van der Waals surface area contributed by atoms with Crippen molar-refractivity contribution < 1.29 is 13.0 Å². The smallest absolute Gasteiger partial charge is 0.261 e. The molecule has 0 aliphatic rings. The minimum absolute atomic E-state index is 0.222. The van der Waals surface area contributed by atoms with Gasteiger partial charge in [-0.15, -0.1) is 0 Å². The lowest BCUT2D eigenvalue weighted by molar-refractivity contribution is -0.567. The summed E-state index contributed by atoms with van der Waals surface area (Å²) in [7, 11) is -3.73. The van der Waals surface area contributed by atoms with E-state index in [1.165, 1.54) is 5.39 Å². The highest BCUT2D eigenvalue weighted by molar-refractivity contribution is 7.89. The summed E-state index contributed by atoms with van der Waals surface area (Å²) in [5, 5.41) is 2.31. The molecule has 0 fully saturated rings. The highest BCUT2D eigenvalue weighted by Crippen LogP contribution is 2.24. The Hall–Kier alpha value is -4.22. The SMILES string of the molecule is Cc1ccc(S(=O)(=O)N/C=C(/c2ccccc2)[n+]2ccccc2-c2ccc3ccccc3c2)cc1. The van der Waals surface area contributed by atoms with Gasteiger partial charge in [0.1, 0.15) is 0 Å². The van der Waals surface area contributed by atoms with Crippen LogP contribution in [-0.4, -0.2) is 8.42 Å². The summed E-state index contributed by atoms with van der Waals surface area (Å²) in [6.07, 6.45) is 3.51. The maximum atomic E-state index is 13.0. The van der Waals surface area contributed by atoms with Gasteiger partial charge in [0.25, 0.3) is 10.0 Å². The molecule has 172 valence electrons. The topological polar surface area (TPSA) is 50.1 Å². The van der Waals surface area contributed by atoms with E-state index in [4.69, 9.17) is 0 Å². The van der Waals surface area contributed by atoms with E-state index in [-0.39, 0.29) is 4.90 Å². The van der Waals surface area contributed by atoms with E-state index in [0.29, 0.717) is 5.70 Å². The van der Waals surface area contributed by atoms with Crippen molar-refractivity contribution in [3.05, 3.63) is 139 Å². The molecule has 4 nitrogen and oxygen atoms in total. The molecule has 1 heterocycles. The molecule has 1 aromatic heterocycles. The van der Waals surface area contributed by atoms with E-state index in [1.807, 2.05) is 78.4 Å². The van der Waals surface area contributed by atoms with E-state index < -0.39 is 10.0 Å². The molecule has 1 N–H and O–H groups in total.